The van der Waals surface area contributed by atoms with Crippen molar-refractivity contribution in [2.45, 2.75) is 13.0 Å². The lowest BCUT2D eigenvalue weighted by atomic mass is 10.0. The minimum atomic E-state index is -0.484. The predicted octanol–water partition coefficient (Wildman–Crippen LogP) is 2.85. The van der Waals surface area contributed by atoms with Crippen molar-refractivity contribution in [1.82, 2.24) is 15.1 Å². The zero-order valence-corrected chi connectivity index (χ0v) is 15.9. The number of amides is 3. The van der Waals surface area contributed by atoms with Crippen LogP contribution in [0, 0.1) is 5.82 Å². The van der Waals surface area contributed by atoms with Gasteiger partial charge in [0.25, 0.3) is 0 Å². The van der Waals surface area contributed by atoms with Crippen molar-refractivity contribution in [3.05, 3.63) is 66.0 Å². The minimum absolute atomic E-state index is 0.0748. The van der Waals surface area contributed by atoms with Gasteiger partial charge in [-0.25, -0.2) is 9.18 Å². The van der Waals surface area contributed by atoms with Crippen LogP contribution in [-0.2, 0) is 4.79 Å². The molecular formula is C21H25FN4O2. The first-order chi connectivity index (χ1) is 13.6. The quantitative estimate of drug-likeness (QED) is 0.833. The van der Waals surface area contributed by atoms with Crippen molar-refractivity contribution in [3.8, 4) is 0 Å². The average molecular weight is 384 g/mol. The summed E-state index contributed by atoms with van der Waals surface area (Å²) in [5.41, 5.74) is 1.43. The molecule has 28 heavy (non-hydrogen) atoms. The summed E-state index contributed by atoms with van der Waals surface area (Å²) in [5, 5.41) is 5.69. The Kier molecular flexibility index (Phi) is 6.60. The molecule has 1 heterocycles. The first-order valence-corrected chi connectivity index (χ1v) is 9.46. The fraction of sp³-hybridized carbons (Fsp3) is 0.333. The smallest absolute Gasteiger partial charge is 0.317 e. The molecule has 1 saturated heterocycles. The maximum absolute atomic E-state index is 13.1. The molecule has 2 N–H and O–H groups in total. The van der Waals surface area contributed by atoms with E-state index >= 15 is 0 Å². The molecule has 1 fully saturated rings. The molecule has 1 aliphatic rings. The molecule has 0 bridgehead atoms. The third kappa shape index (κ3) is 4.86. The molecular weight excluding hydrogens is 359 g/mol. The summed E-state index contributed by atoms with van der Waals surface area (Å²) in [6.07, 6.45) is 0. The number of halogens is 1. The lowest BCUT2D eigenvalue weighted by molar-refractivity contribution is -0.122. The van der Waals surface area contributed by atoms with Gasteiger partial charge in [-0.3, -0.25) is 9.69 Å². The zero-order valence-electron chi connectivity index (χ0n) is 15.9. The highest BCUT2D eigenvalue weighted by Gasteiger charge is 2.31. The molecule has 1 aliphatic heterocycles. The van der Waals surface area contributed by atoms with E-state index in [2.05, 4.69) is 15.5 Å². The second-order valence-corrected chi connectivity index (χ2v) is 6.67. The van der Waals surface area contributed by atoms with Gasteiger partial charge in [-0.15, -0.1) is 0 Å². The van der Waals surface area contributed by atoms with Crippen molar-refractivity contribution in [2.75, 3.05) is 38.0 Å². The zero-order chi connectivity index (χ0) is 19.9. The topological polar surface area (TPSA) is 64.7 Å². The lowest BCUT2D eigenvalue weighted by Crippen LogP contribution is -2.53. The average Bonchev–Trinajstić information content (AvgIpc) is 2.71. The van der Waals surface area contributed by atoms with Crippen LogP contribution in [0.15, 0.2) is 54.6 Å². The van der Waals surface area contributed by atoms with Gasteiger partial charge in [-0.05, 0) is 36.8 Å². The summed E-state index contributed by atoms with van der Waals surface area (Å²) in [7, 11) is 0. The highest BCUT2D eigenvalue weighted by Crippen LogP contribution is 2.24. The number of carbonyl (C=O) groups is 2. The molecule has 2 aromatic rings. The third-order valence-corrected chi connectivity index (χ3v) is 4.77. The monoisotopic (exact) mass is 384 g/mol. The number of piperazine rings is 1. The molecule has 2 aromatic carbocycles. The first kappa shape index (κ1) is 19.8. The van der Waals surface area contributed by atoms with Crippen LogP contribution in [0.25, 0.3) is 0 Å². The molecule has 0 radical (unpaired) electrons. The van der Waals surface area contributed by atoms with Crippen molar-refractivity contribution < 1.29 is 14.0 Å². The summed E-state index contributed by atoms with van der Waals surface area (Å²) >= 11 is 0. The lowest BCUT2D eigenvalue weighted by Gasteiger charge is -2.38. The number of benzene rings is 2. The second-order valence-electron chi connectivity index (χ2n) is 6.67. The van der Waals surface area contributed by atoms with E-state index < -0.39 is 6.04 Å². The van der Waals surface area contributed by atoms with Crippen molar-refractivity contribution in [3.63, 3.8) is 0 Å². The largest absolute Gasteiger partial charge is 0.338 e. The van der Waals surface area contributed by atoms with E-state index in [9.17, 15) is 14.0 Å². The number of nitrogens with one attached hydrogen (secondary N) is 2. The number of rotatable bonds is 5. The van der Waals surface area contributed by atoms with Crippen molar-refractivity contribution in [2.24, 2.45) is 0 Å². The van der Waals surface area contributed by atoms with Gasteiger partial charge >= 0.3 is 6.03 Å². The van der Waals surface area contributed by atoms with Crippen LogP contribution < -0.4 is 10.6 Å². The van der Waals surface area contributed by atoms with Crippen LogP contribution >= 0.6 is 0 Å². The minimum Gasteiger partial charge on any atom is -0.338 e. The SMILES string of the molecule is CCNC(=O)N1CCN(C(C(=O)Nc2ccc(F)cc2)c2ccccc2)CC1. The van der Waals surface area contributed by atoms with E-state index in [4.69, 9.17) is 0 Å². The summed E-state index contributed by atoms with van der Waals surface area (Å²) in [6.45, 7) is 4.77. The summed E-state index contributed by atoms with van der Waals surface area (Å²) in [6, 6.07) is 14.7. The Balaban J connectivity index is 1.74. The van der Waals surface area contributed by atoms with Gasteiger partial charge in [0, 0.05) is 38.4 Å². The fourth-order valence-corrected chi connectivity index (χ4v) is 3.35. The molecule has 148 valence electrons. The van der Waals surface area contributed by atoms with Crippen LogP contribution in [0.2, 0.25) is 0 Å². The summed E-state index contributed by atoms with van der Waals surface area (Å²) in [5.74, 6) is -0.525. The third-order valence-electron chi connectivity index (χ3n) is 4.77. The molecule has 0 saturated carbocycles. The molecule has 3 rings (SSSR count). The first-order valence-electron chi connectivity index (χ1n) is 9.46. The Labute approximate surface area is 164 Å². The van der Waals surface area contributed by atoms with Crippen LogP contribution in [-0.4, -0.2) is 54.5 Å². The highest BCUT2D eigenvalue weighted by molar-refractivity contribution is 5.95. The van der Waals surface area contributed by atoms with Gasteiger partial charge in [-0.2, -0.15) is 0 Å². The summed E-state index contributed by atoms with van der Waals surface area (Å²) < 4.78 is 13.1. The van der Waals surface area contributed by atoms with Gasteiger partial charge in [-0.1, -0.05) is 30.3 Å². The Morgan fingerprint density at radius 1 is 1.00 bits per heavy atom. The van der Waals surface area contributed by atoms with E-state index in [1.807, 2.05) is 37.3 Å². The number of carbonyl (C=O) groups excluding carboxylic acids is 2. The number of nitrogens with zero attached hydrogens (tertiary/aromatic N) is 2. The van der Waals surface area contributed by atoms with Gasteiger partial charge in [0.1, 0.15) is 11.9 Å². The Hall–Kier alpha value is -2.93. The number of hydrogen-bond donors (Lipinski definition) is 2. The van der Waals surface area contributed by atoms with E-state index in [0.717, 1.165) is 5.56 Å². The van der Waals surface area contributed by atoms with Gasteiger partial charge in [0.05, 0.1) is 0 Å². The van der Waals surface area contributed by atoms with E-state index in [1.54, 1.807) is 17.0 Å². The molecule has 1 unspecified atom stereocenters. The van der Waals surface area contributed by atoms with Crippen molar-refractivity contribution in [1.29, 1.82) is 0 Å². The predicted molar refractivity (Wildman–Crippen MR) is 106 cm³/mol. The molecule has 1 atom stereocenters. The maximum Gasteiger partial charge on any atom is 0.317 e. The molecule has 0 aliphatic carbocycles. The molecule has 3 amide bonds. The van der Waals surface area contributed by atoms with E-state index in [0.29, 0.717) is 38.4 Å². The normalized spacial score (nSPS) is 15.7. The molecule has 0 aromatic heterocycles. The standard InChI is InChI=1S/C21H25FN4O2/c1-2-23-21(28)26-14-12-25(13-15-26)19(16-6-4-3-5-7-16)20(27)24-18-10-8-17(22)9-11-18/h3-11,19H,2,12-15H2,1H3,(H,23,28)(H,24,27). The molecule has 6 nitrogen and oxygen atoms in total. The Bertz CT molecular complexity index is 790. The Morgan fingerprint density at radius 2 is 1.64 bits per heavy atom. The van der Waals surface area contributed by atoms with E-state index in [1.165, 1.54) is 12.1 Å². The van der Waals surface area contributed by atoms with Crippen molar-refractivity contribution >= 4 is 17.6 Å². The number of anilines is 1. The van der Waals surface area contributed by atoms with Crippen LogP contribution in [0.3, 0.4) is 0 Å². The number of urea groups is 1. The van der Waals surface area contributed by atoms with Gasteiger partial charge < -0.3 is 15.5 Å². The van der Waals surface area contributed by atoms with Gasteiger partial charge in [0.15, 0.2) is 0 Å². The summed E-state index contributed by atoms with van der Waals surface area (Å²) in [4.78, 5) is 28.9. The van der Waals surface area contributed by atoms with Crippen LogP contribution in [0.4, 0.5) is 14.9 Å². The van der Waals surface area contributed by atoms with Crippen LogP contribution in [0.1, 0.15) is 18.5 Å². The number of hydrogen-bond acceptors (Lipinski definition) is 3. The molecule has 7 heteroatoms. The molecule has 0 spiro atoms. The Morgan fingerprint density at radius 3 is 2.25 bits per heavy atom. The second kappa shape index (κ2) is 9.32. The highest BCUT2D eigenvalue weighted by atomic mass is 19.1. The van der Waals surface area contributed by atoms with Crippen LogP contribution in [0.5, 0.6) is 0 Å². The van der Waals surface area contributed by atoms with Gasteiger partial charge in [0.2, 0.25) is 5.91 Å². The maximum atomic E-state index is 13.1. The fourth-order valence-electron chi connectivity index (χ4n) is 3.35. The van der Waals surface area contributed by atoms with E-state index in [-0.39, 0.29) is 17.8 Å².